The van der Waals surface area contributed by atoms with E-state index in [2.05, 4.69) is 5.10 Å². The van der Waals surface area contributed by atoms with Crippen molar-refractivity contribution in [1.29, 1.82) is 0 Å². The zero-order valence-corrected chi connectivity index (χ0v) is 13.4. The molecule has 1 aliphatic rings. The molecule has 2 aromatic carbocycles. The van der Waals surface area contributed by atoms with Gasteiger partial charge in [0.15, 0.2) is 5.72 Å². The Balaban J connectivity index is 2.08. The number of amides is 1. The van der Waals surface area contributed by atoms with Crippen molar-refractivity contribution in [2.75, 3.05) is 0 Å². The Kier molecular flexibility index (Phi) is 4.30. The van der Waals surface area contributed by atoms with Crippen LogP contribution >= 0.6 is 11.6 Å². The third-order valence-electron chi connectivity index (χ3n) is 3.81. The molecule has 0 spiro atoms. The fourth-order valence-electron chi connectivity index (χ4n) is 2.59. The minimum Gasteiger partial charge on any atom is -0.365 e. The van der Waals surface area contributed by atoms with E-state index in [0.29, 0.717) is 5.01 Å². The van der Waals surface area contributed by atoms with Crippen molar-refractivity contribution in [2.45, 2.75) is 18.3 Å². The summed E-state index contributed by atoms with van der Waals surface area (Å²) in [4.78, 5) is 12.7. The van der Waals surface area contributed by atoms with Crippen molar-refractivity contribution in [2.24, 2.45) is 5.10 Å². The van der Waals surface area contributed by atoms with E-state index in [0.717, 1.165) is 0 Å². The number of hydrogen-bond acceptors (Lipinski definition) is 3. The number of aliphatic hydroxyl groups is 1. The number of alkyl halides is 3. The highest BCUT2D eigenvalue weighted by Crippen LogP contribution is 2.40. The average molecular weight is 369 g/mol. The molecule has 1 amide bonds. The zero-order chi connectivity index (χ0) is 18.2. The van der Waals surface area contributed by atoms with Gasteiger partial charge in [-0.1, -0.05) is 48.0 Å². The van der Waals surface area contributed by atoms with Gasteiger partial charge in [0.25, 0.3) is 5.91 Å². The number of carbonyl (C=O) groups excluding carboxylic acids is 1. The number of nitrogens with zero attached hydrogens (tertiary/aromatic N) is 2. The molecule has 130 valence electrons. The second kappa shape index (κ2) is 6.16. The summed E-state index contributed by atoms with van der Waals surface area (Å²) in [5, 5.41) is 15.0. The lowest BCUT2D eigenvalue weighted by Crippen LogP contribution is -2.43. The molecule has 0 saturated heterocycles. The van der Waals surface area contributed by atoms with Gasteiger partial charge in [-0.3, -0.25) is 4.79 Å². The molecule has 1 N–H and O–H groups in total. The second-order valence-corrected chi connectivity index (χ2v) is 5.97. The quantitative estimate of drug-likeness (QED) is 0.872. The summed E-state index contributed by atoms with van der Waals surface area (Å²) < 4.78 is 39.4. The SMILES string of the molecule is O=C(c1cccc(Cl)c1)N1N=C(C(F)(F)F)C[C@]1(O)c1ccccc1. The molecule has 0 bridgehead atoms. The van der Waals surface area contributed by atoms with Crippen LogP contribution in [0.25, 0.3) is 0 Å². The predicted molar refractivity (Wildman–Crippen MR) is 86.1 cm³/mol. The van der Waals surface area contributed by atoms with Gasteiger partial charge in [-0.15, -0.1) is 0 Å². The Bertz CT molecular complexity index is 839. The molecule has 25 heavy (non-hydrogen) atoms. The molecule has 1 heterocycles. The molecule has 0 fully saturated rings. The first kappa shape index (κ1) is 17.4. The topological polar surface area (TPSA) is 52.9 Å². The Morgan fingerprint density at radius 3 is 2.44 bits per heavy atom. The summed E-state index contributed by atoms with van der Waals surface area (Å²) in [6, 6.07) is 13.3. The predicted octanol–water partition coefficient (Wildman–Crippen LogP) is 3.95. The molecule has 0 aliphatic carbocycles. The summed E-state index contributed by atoms with van der Waals surface area (Å²) in [7, 11) is 0. The van der Waals surface area contributed by atoms with Gasteiger partial charge in [0.1, 0.15) is 5.71 Å². The van der Waals surface area contributed by atoms with E-state index in [1.807, 2.05) is 0 Å². The summed E-state index contributed by atoms with van der Waals surface area (Å²) in [5.74, 6) is -0.881. The smallest absolute Gasteiger partial charge is 0.365 e. The van der Waals surface area contributed by atoms with Crippen LogP contribution in [0.5, 0.6) is 0 Å². The third kappa shape index (κ3) is 3.25. The Morgan fingerprint density at radius 2 is 1.84 bits per heavy atom. The standard InChI is InChI=1S/C17H12ClF3N2O2/c18-13-8-4-5-11(9-13)15(24)23-16(25,12-6-2-1-3-7-12)10-14(22-23)17(19,20)21/h1-9,25H,10H2/t16-/m0/s1. The lowest BCUT2D eigenvalue weighted by Gasteiger charge is -2.31. The Labute approximate surface area is 146 Å². The van der Waals surface area contributed by atoms with Gasteiger partial charge in [0.05, 0.1) is 6.42 Å². The van der Waals surface area contributed by atoms with Crippen LogP contribution in [0.1, 0.15) is 22.3 Å². The maximum Gasteiger partial charge on any atom is 0.431 e. The van der Waals surface area contributed by atoms with Crippen LogP contribution in [0.3, 0.4) is 0 Å². The molecule has 8 heteroatoms. The fraction of sp³-hybridized carbons (Fsp3) is 0.176. The van der Waals surface area contributed by atoms with Crippen molar-refractivity contribution in [3.05, 3.63) is 70.7 Å². The van der Waals surface area contributed by atoms with Crippen molar-refractivity contribution in [1.82, 2.24) is 5.01 Å². The monoisotopic (exact) mass is 368 g/mol. The lowest BCUT2D eigenvalue weighted by molar-refractivity contribution is -0.0816. The molecular weight excluding hydrogens is 357 g/mol. The van der Waals surface area contributed by atoms with Gasteiger partial charge in [0, 0.05) is 16.1 Å². The van der Waals surface area contributed by atoms with E-state index in [-0.39, 0.29) is 16.1 Å². The van der Waals surface area contributed by atoms with E-state index in [1.165, 1.54) is 36.4 Å². The van der Waals surface area contributed by atoms with Crippen molar-refractivity contribution >= 4 is 23.2 Å². The largest absolute Gasteiger partial charge is 0.431 e. The first-order valence-corrected chi connectivity index (χ1v) is 7.62. The highest BCUT2D eigenvalue weighted by molar-refractivity contribution is 6.31. The summed E-state index contributed by atoms with van der Waals surface area (Å²) in [5.41, 5.74) is -3.30. The van der Waals surface area contributed by atoms with Crippen LogP contribution in [0.4, 0.5) is 13.2 Å². The summed E-state index contributed by atoms with van der Waals surface area (Å²) in [6.07, 6.45) is -5.61. The van der Waals surface area contributed by atoms with Crippen LogP contribution in [-0.4, -0.2) is 27.9 Å². The maximum atomic E-state index is 13.1. The van der Waals surface area contributed by atoms with E-state index in [1.54, 1.807) is 18.2 Å². The van der Waals surface area contributed by atoms with Gasteiger partial charge >= 0.3 is 6.18 Å². The van der Waals surface area contributed by atoms with E-state index in [9.17, 15) is 23.1 Å². The lowest BCUT2D eigenvalue weighted by atomic mass is 9.96. The number of hydrogen-bond donors (Lipinski definition) is 1. The molecule has 3 rings (SSSR count). The van der Waals surface area contributed by atoms with Gasteiger partial charge in [0.2, 0.25) is 0 Å². The first-order chi connectivity index (χ1) is 11.7. The molecule has 0 unspecified atom stereocenters. The van der Waals surface area contributed by atoms with Crippen LogP contribution in [0.2, 0.25) is 5.02 Å². The van der Waals surface area contributed by atoms with E-state index in [4.69, 9.17) is 11.6 Å². The number of halogens is 4. The highest BCUT2D eigenvalue weighted by Gasteiger charge is 2.53. The van der Waals surface area contributed by atoms with E-state index < -0.39 is 29.9 Å². The van der Waals surface area contributed by atoms with Crippen LogP contribution < -0.4 is 0 Å². The second-order valence-electron chi connectivity index (χ2n) is 5.53. The molecular formula is C17H12ClF3N2O2. The van der Waals surface area contributed by atoms with Crippen molar-refractivity contribution < 1.29 is 23.1 Å². The highest BCUT2D eigenvalue weighted by atomic mass is 35.5. The van der Waals surface area contributed by atoms with Gasteiger partial charge in [-0.2, -0.15) is 23.3 Å². The Morgan fingerprint density at radius 1 is 1.16 bits per heavy atom. The normalized spacial score (nSPS) is 20.5. The van der Waals surface area contributed by atoms with Crippen LogP contribution in [0, 0.1) is 0 Å². The summed E-state index contributed by atoms with van der Waals surface area (Å²) >= 11 is 5.84. The molecule has 1 aliphatic heterocycles. The van der Waals surface area contributed by atoms with Gasteiger partial charge < -0.3 is 5.11 Å². The third-order valence-corrected chi connectivity index (χ3v) is 4.05. The zero-order valence-electron chi connectivity index (χ0n) is 12.7. The number of rotatable bonds is 2. The van der Waals surface area contributed by atoms with Crippen LogP contribution in [0.15, 0.2) is 59.7 Å². The minimum absolute atomic E-state index is 0.0223. The molecule has 0 radical (unpaired) electrons. The Hall–Kier alpha value is -2.38. The molecule has 1 atom stereocenters. The minimum atomic E-state index is -4.76. The molecule has 4 nitrogen and oxygen atoms in total. The number of carbonyl (C=O) groups is 1. The van der Waals surface area contributed by atoms with Gasteiger partial charge in [-0.25, -0.2) is 0 Å². The number of hydrazone groups is 1. The van der Waals surface area contributed by atoms with Crippen molar-refractivity contribution in [3.8, 4) is 0 Å². The van der Waals surface area contributed by atoms with Crippen molar-refractivity contribution in [3.63, 3.8) is 0 Å². The van der Waals surface area contributed by atoms with E-state index >= 15 is 0 Å². The molecule has 2 aromatic rings. The first-order valence-electron chi connectivity index (χ1n) is 7.24. The molecule has 0 saturated carbocycles. The molecule has 0 aromatic heterocycles. The average Bonchev–Trinajstić information content (AvgIpc) is 2.94. The van der Waals surface area contributed by atoms with Crippen LogP contribution in [-0.2, 0) is 5.72 Å². The van der Waals surface area contributed by atoms with Gasteiger partial charge in [-0.05, 0) is 18.2 Å². The fourth-order valence-corrected chi connectivity index (χ4v) is 2.78. The summed E-state index contributed by atoms with van der Waals surface area (Å²) in [6.45, 7) is 0. The maximum absolute atomic E-state index is 13.1. The number of benzene rings is 2.